The number of aryl methyl sites for hydroxylation is 2. The van der Waals surface area contributed by atoms with Crippen molar-refractivity contribution in [1.82, 2.24) is 10.2 Å². The molecular formula is C19H29ClN2O2. The monoisotopic (exact) mass is 352 g/mol. The molecule has 134 valence electrons. The van der Waals surface area contributed by atoms with Gasteiger partial charge in [0.05, 0.1) is 13.0 Å². The third kappa shape index (κ3) is 4.42. The van der Waals surface area contributed by atoms with Crippen molar-refractivity contribution in [3.05, 3.63) is 29.3 Å². The van der Waals surface area contributed by atoms with Gasteiger partial charge in [-0.15, -0.1) is 12.4 Å². The summed E-state index contributed by atoms with van der Waals surface area (Å²) < 4.78 is 5.82. The summed E-state index contributed by atoms with van der Waals surface area (Å²) in [6, 6.07) is 7.78. The predicted octanol–water partition coefficient (Wildman–Crippen LogP) is 3.24. The van der Waals surface area contributed by atoms with Crippen LogP contribution in [0.3, 0.4) is 0 Å². The van der Waals surface area contributed by atoms with E-state index in [2.05, 4.69) is 24.4 Å². The second-order valence-corrected chi connectivity index (χ2v) is 7.14. The van der Waals surface area contributed by atoms with Gasteiger partial charge in [0.25, 0.3) is 0 Å². The lowest BCUT2D eigenvalue weighted by atomic mass is 9.98. The molecule has 1 N–H and O–H groups in total. The maximum atomic E-state index is 12.4. The van der Waals surface area contributed by atoms with Crippen LogP contribution in [0, 0.1) is 13.8 Å². The lowest BCUT2D eigenvalue weighted by Gasteiger charge is -2.35. The Morgan fingerprint density at radius 3 is 2.58 bits per heavy atom. The van der Waals surface area contributed by atoms with Crippen LogP contribution < -0.4 is 10.1 Å². The molecule has 1 aromatic rings. The zero-order valence-corrected chi connectivity index (χ0v) is 15.7. The van der Waals surface area contributed by atoms with Gasteiger partial charge in [0.1, 0.15) is 5.75 Å². The molecule has 2 unspecified atom stereocenters. The number of hydrogen-bond acceptors (Lipinski definition) is 3. The standard InChI is InChI=1S/C19H28N2O2.ClH/c1-13-4-5-14(2)18(10-13)23-9-8-19(22)21(3)17-11-15-6-7-16(12-17)20-15;/h4-5,10,15-17,20H,6-9,11-12H2,1-3H3;1H. The molecule has 2 heterocycles. The summed E-state index contributed by atoms with van der Waals surface area (Å²) in [6.07, 6.45) is 5.16. The number of piperidine rings is 1. The van der Waals surface area contributed by atoms with Crippen molar-refractivity contribution < 1.29 is 9.53 Å². The van der Waals surface area contributed by atoms with Crippen LogP contribution in [0.2, 0.25) is 0 Å². The number of carbonyl (C=O) groups is 1. The van der Waals surface area contributed by atoms with Crippen molar-refractivity contribution in [3.8, 4) is 5.75 Å². The van der Waals surface area contributed by atoms with Crippen LogP contribution in [-0.2, 0) is 4.79 Å². The first-order valence-corrected chi connectivity index (χ1v) is 8.74. The molecule has 1 amide bonds. The SMILES string of the molecule is Cc1ccc(C)c(OCCC(=O)N(C)C2CC3CCC(C2)N3)c1.Cl. The number of fused-ring (bicyclic) bond motifs is 2. The Hall–Kier alpha value is -1.26. The van der Waals surface area contributed by atoms with Gasteiger partial charge >= 0.3 is 0 Å². The highest BCUT2D eigenvalue weighted by Crippen LogP contribution is 2.29. The third-order valence-corrected chi connectivity index (χ3v) is 5.31. The van der Waals surface area contributed by atoms with Crippen LogP contribution in [0.1, 0.15) is 43.2 Å². The fourth-order valence-corrected chi connectivity index (χ4v) is 3.83. The number of nitrogens with zero attached hydrogens (tertiary/aromatic N) is 1. The van der Waals surface area contributed by atoms with Crippen LogP contribution in [0.5, 0.6) is 5.75 Å². The van der Waals surface area contributed by atoms with Gasteiger partial charge in [-0.1, -0.05) is 12.1 Å². The van der Waals surface area contributed by atoms with Gasteiger partial charge in [-0.05, 0) is 56.7 Å². The van der Waals surface area contributed by atoms with Crippen LogP contribution in [0.25, 0.3) is 0 Å². The number of halogens is 1. The first-order chi connectivity index (χ1) is 11.0. The Balaban J connectivity index is 0.00000208. The second kappa shape index (κ2) is 8.21. The van der Waals surface area contributed by atoms with Gasteiger partial charge in [-0.25, -0.2) is 0 Å². The average molecular weight is 353 g/mol. The van der Waals surface area contributed by atoms with E-state index in [-0.39, 0.29) is 18.3 Å². The fourth-order valence-electron chi connectivity index (χ4n) is 3.83. The van der Waals surface area contributed by atoms with E-state index in [1.807, 2.05) is 24.9 Å². The highest BCUT2D eigenvalue weighted by atomic mass is 35.5. The zero-order valence-electron chi connectivity index (χ0n) is 14.9. The van der Waals surface area contributed by atoms with Crippen LogP contribution in [0.4, 0.5) is 0 Å². The van der Waals surface area contributed by atoms with Gasteiger partial charge < -0.3 is 15.0 Å². The van der Waals surface area contributed by atoms with Gasteiger partial charge in [-0.3, -0.25) is 4.79 Å². The van der Waals surface area contributed by atoms with Crippen molar-refractivity contribution in [2.75, 3.05) is 13.7 Å². The summed E-state index contributed by atoms with van der Waals surface area (Å²) in [5, 5.41) is 3.63. The van der Waals surface area contributed by atoms with Crippen molar-refractivity contribution >= 4 is 18.3 Å². The van der Waals surface area contributed by atoms with E-state index < -0.39 is 0 Å². The van der Waals surface area contributed by atoms with Crippen molar-refractivity contribution in [2.24, 2.45) is 0 Å². The number of amides is 1. The number of hydrogen-bond donors (Lipinski definition) is 1. The summed E-state index contributed by atoms with van der Waals surface area (Å²) >= 11 is 0. The normalized spacial score (nSPS) is 25.0. The van der Waals surface area contributed by atoms with Crippen LogP contribution in [-0.4, -0.2) is 42.6 Å². The number of rotatable bonds is 5. The van der Waals surface area contributed by atoms with Gasteiger partial charge in [0.2, 0.25) is 5.91 Å². The molecule has 24 heavy (non-hydrogen) atoms. The molecule has 2 saturated heterocycles. The fraction of sp³-hybridized carbons (Fsp3) is 0.632. The number of nitrogens with one attached hydrogen (secondary N) is 1. The predicted molar refractivity (Wildman–Crippen MR) is 99.0 cm³/mol. The topological polar surface area (TPSA) is 41.6 Å². The summed E-state index contributed by atoms with van der Waals surface area (Å²) in [4.78, 5) is 14.4. The summed E-state index contributed by atoms with van der Waals surface area (Å²) in [5.41, 5.74) is 2.30. The Morgan fingerprint density at radius 2 is 1.92 bits per heavy atom. The lowest BCUT2D eigenvalue weighted by molar-refractivity contribution is -0.133. The molecule has 2 bridgehead atoms. The van der Waals surface area contributed by atoms with E-state index in [0.717, 1.165) is 24.2 Å². The molecule has 2 aliphatic rings. The van der Waals surface area contributed by atoms with Crippen LogP contribution >= 0.6 is 12.4 Å². The van der Waals surface area contributed by atoms with E-state index in [0.29, 0.717) is 31.2 Å². The van der Waals surface area contributed by atoms with E-state index >= 15 is 0 Å². The molecule has 2 aliphatic heterocycles. The Bertz CT molecular complexity index is 566. The molecular weight excluding hydrogens is 324 g/mol. The molecule has 0 aromatic heterocycles. The Morgan fingerprint density at radius 1 is 1.25 bits per heavy atom. The number of ether oxygens (including phenoxy) is 1. The first-order valence-electron chi connectivity index (χ1n) is 8.74. The van der Waals surface area contributed by atoms with Gasteiger partial charge in [0.15, 0.2) is 0 Å². The van der Waals surface area contributed by atoms with Crippen molar-refractivity contribution in [1.29, 1.82) is 0 Å². The number of benzene rings is 1. The van der Waals surface area contributed by atoms with Crippen LogP contribution in [0.15, 0.2) is 18.2 Å². The maximum Gasteiger partial charge on any atom is 0.225 e. The van der Waals surface area contributed by atoms with Gasteiger partial charge in [-0.2, -0.15) is 0 Å². The smallest absolute Gasteiger partial charge is 0.225 e. The lowest BCUT2D eigenvalue weighted by Crippen LogP contribution is -2.48. The van der Waals surface area contributed by atoms with Gasteiger partial charge in [0, 0.05) is 25.2 Å². The van der Waals surface area contributed by atoms with E-state index in [4.69, 9.17) is 4.74 Å². The second-order valence-electron chi connectivity index (χ2n) is 7.14. The molecule has 0 radical (unpaired) electrons. The quantitative estimate of drug-likeness (QED) is 0.884. The van der Waals surface area contributed by atoms with E-state index in [1.165, 1.54) is 18.4 Å². The van der Waals surface area contributed by atoms with Crippen molar-refractivity contribution in [3.63, 3.8) is 0 Å². The zero-order chi connectivity index (χ0) is 16.4. The average Bonchev–Trinajstić information content (AvgIpc) is 2.88. The minimum Gasteiger partial charge on any atom is -0.493 e. The molecule has 4 nitrogen and oxygen atoms in total. The van der Waals surface area contributed by atoms with E-state index in [9.17, 15) is 4.79 Å². The largest absolute Gasteiger partial charge is 0.493 e. The van der Waals surface area contributed by atoms with E-state index in [1.54, 1.807) is 0 Å². The molecule has 0 saturated carbocycles. The highest BCUT2D eigenvalue weighted by Gasteiger charge is 2.36. The molecule has 0 spiro atoms. The molecule has 0 aliphatic carbocycles. The van der Waals surface area contributed by atoms with Crippen molar-refractivity contribution in [2.45, 2.75) is 64.1 Å². The molecule has 2 atom stereocenters. The molecule has 2 fully saturated rings. The molecule has 1 aromatic carbocycles. The highest BCUT2D eigenvalue weighted by molar-refractivity contribution is 5.85. The maximum absolute atomic E-state index is 12.4. The molecule has 3 rings (SSSR count). The summed E-state index contributed by atoms with van der Waals surface area (Å²) in [7, 11) is 1.95. The summed E-state index contributed by atoms with van der Waals surface area (Å²) in [5.74, 6) is 1.09. The minimum absolute atomic E-state index is 0. The Kier molecular flexibility index (Phi) is 6.53. The first kappa shape index (κ1) is 19.1. The molecule has 5 heteroatoms. The summed E-state index contributed by atoms with van der Waals surface area (Å²) in [6.45, 7) is 4.54. The minimum atomic E-state index is 0. The number of carbonyl (C=O) groups excluding carboxylic acids is 1. The third-order valence-electron chi connectivity index (χ3n) is 5.31. The Labute approximate surface area is 151 Å².